The molecule has 8 heteroatoms. The van der Waals surface area contributed by atoms with Gasteiger partial charge in [0.15, 0.2) is 5.82 Å². The van der Waals surface area contributed by atoms with Crippen molar-refractivity contribution in [3.8, 4) is 11.4 Å². The molecule has 0 aliphatic rings. The monoisotopic (exact) mass is 411 g/mol. The predicted molar refractivity (Wildman–Crippen MR) is 122 cm³/mol. The summed E-state index contributed by atoms with van der Waals surface area (Å²) in [5, 5.41) is 13.3. The highest BCUT2D eigenvalue weighted by atomic mass is 16.2. The van der Waals surface area contributed by atoms with Gasteiger partial charge in [-0.15, -0.1) is 0 Å². The van der Waals surface area contributed by atoms with Crippen LogP contribution in [-0.2, 0) is 0 Å². The lowest BCUT2D eigenvalue weighted by molar-refractivity contribution is 0.0877. The fourth-order valence-corrected chi connectivity index (χ4v) is 3.51. The van der Waals surface area contributed by atoms with Crippen molar-refractivity contribution in [2.24, 2.45) is 0 Å². The third-order valence-corrected chi connectivity index (χ3v) is 5.01. The molecule has 0 radical (unpaired) electrons. The van der Waals surface area contributed by atoms with Crippen molar-refractivity contribution in [1.82, 2.24) is 29.6 Å². The molecule has 8 nitrogen and oxygen atoms in total. The minimum atomic E-state index is 0.0276. The molecule has 0 fully saturated rings. The summed E-state index contributed by atoms with van der Waals surface area (Å²) in [6.07, 6.45) is 7.23. The molecule has 0 bridgehead atoms. The molecule has 0 spiro atoms. The fraction of sp³-hybridized carbons (Fsp3) is 0.130. The Morgan fingerprint density at radius 2 is 1.94 bits per heavy atom. The van der Waals surface area contributed by atoms with E-state index in [4.69, 9.17) is 0 Å². The second kappa shape index (κ2) is 7.66. The van der Waals surface area contributed by atoms with Gasteiger partial charge in [-0.3, -0.25) is 14.5 Å². The molecule has 0 unspecified atom stereocenters. The summed E-state index contributed by atoms with van der Waals surface area (Å²) in [5.41, 5.74) is 2.79. The van der Waals surface area contributed by atoms with Crippen LogP contribution in [0.15, 0.2) is 67.3 Å². The van der Waals surface area contributed by atoms with Crippen LogP contribution in [0, 0.1) is 0 Å². The summed E-state index contributed by atoms with van der Waals surface area (Å²) in [4.78, 5) is 23.3. The van der Waals surface area contributed by atoms with Crippen molar-refractivity contribution >= 4 is 39.1 Å². The second-order valence-corrected chi connectivity index (χ2v) is 7.70. The molecule has 5 aromatic rings. The van der Waals surface area contributed by atoms with Crippen molar-refractivity contribution in [1.29, 1.82) is 0 Å². The van der Waals surface area contributed by atoms with E-state index in [0.717, 1.165) is 32.9 Å². The Labute approximate surface area is 178 Å². The lowest BCUT2D eigenvalue weighted by Crippen LogP contribution is -2.25. The Kier molecular flexibility index (Phi) is 4.68. The Bertz CT molecular complexity index is 1400. The van der Waals surface area contributed by atoms with Crippen LogP contribution in [0.5, 0.6) is 0 Å². The van der Waals surface area contributed by atoms with Gasteiger partial charge in [0.25, 0.3) is 0 Å². The lowest BCUT2D eigenvalue weighted by Gasteiger charge is -2.08. The summed E-state index contributed by atoms with van der Waals surface area (Å²) < 4.78 is 1.64. The highest BCUT2D eigenvalue weighted by Gasteiger charge is 2.10. The maximum atomic E-state index is 12.3. The van der Waals surface area contributed by atoms with Gasteiger partial charge in [0, 0.05) is 40.6 Å². The average Bonchev–Trinajstić information content (AvgIpc) is 3.39. The minimum Gasteiger partial charge on any atom is -0.340 e. The Hall–Kier alpha value is -4.04. The number of anilines is 2. The molecule has 3 aromatic heterocycles. The number of benzene rings is 2. The van der Waals surface area contributed by atoms with Crippen molar-refractivity contribution < 1.29 is 4.79 Å². The Balaban J connectivity index is 1.42. The van der Waals surface area contributed by atoms with Crippen LogP contribution in [0.4, 0.5) is 11.5 Å². The number of nitrogens with zero attached hydrogens (tertiary/aromatic N) is 5. The first-order valence-electron chi connectivity index (χ1n) is 9.88. The van der Waals surface area contributed by atoms with Crippen LogP contribution in [-0.4, -0.2) is 56.2 Å². The minimum absolute atomic E-state index is 0.0276. The van der Waals surface area contributed by atoms with E-state index < -0.39 is 0 Å². The topological polar surface area (TPSA) is 91.7 Å². The van der Waals surface area contributed by atoms with Gasteiger partial charge in [0.05, 0.1) is 18.3 Å². The van der Waals surface area contributed by atoms with Crippen molar-refractivity contribution in [2.75, 3.05) is 26.0 Å². The van der Waals surface area contributed by atoms with E-state index in [0.29, 0.717) is 18.2 Å². The lowest BCUT2D eigenvalue weighted by atomic mass is 10.1. The zero-order chi connectivity index (χ0) is 21.4. The van der Waals surface area contributed by atoms with Gasteiger partial charge in [-0.1, -0.05) is 12.1 Å². The highest BCUT2D eigenvalue weighted by molar-refractivity contribution is 5.92. The standard InChI is InChI=1S/C23H21N7O/c1-29(2)14-22(31)30-12-16-4-3-15(9-18(16)13-30)23-24-8-7-21(27-23)26-19-5-6-20-17(10-19)11-25-28-20/h3-13H,14H2,1-2H3,(H,25,28)(H,24,26,27). The van der Waals surface area contributed by atoms with E-state index in [1.54, 1.807) is 17.0 Å². The number of fused-ring (bicyclic) bond motifs is 2. The molecule has 0 aliphatic heterocycles. The number of carbonyl (C=O) groups excluding carboxylic acids is 1. The summed E-state index contributed by atoms with van der Waals surface area (Å²) in [6.45, 7) is 0.356. The molecule has 154 valence electrons. The third-order valence-electron chi connectivity index (χ3n) is 5.01. The number of H-pyrrole nitrogens is 1. The van der Waals surface area contributed by atoms with E-state index in [1.807, 2.05) is 73.9 Å². The van der Waals surface area contributed by atoms with Crippen LogP contribution >= 0.6 is 0 Å². The normalized spacial score (nSPS) is 11.5. The number of likely N-dealkylation sites (N-methyl/N-ethyl adjacent to an activating group) is 1. The molecule has 5 rings (SSSR count). The molecule has 0 aliphatic carbocycles. The summed E-state index contributed by atoms with van der Waals surface area (Å²) >= 11 is 0. The molecule has 3 heterocycles. The van der Waals surface area contributed by atoms with E-state index >= 15 is 0 Å². The molecule has 2 N–H and O–H groups in total. The van der Waals surface area contributed by atoms with Gasteiger partial charge in [-0.05, 0) is 49.8 Å². The molecule has 0 saturated heterocycles. The molecular weight excluding hydrogens is 390 g/mol. The first-order chi connectivity index (χ1) is 15.0. The third kappa shape index (κ3) is 3.88. The SMILES string of the molecule is CN(C)CC(=O)n1cc2ccc(-c3nccc(Nc4ccc5[nH]ncc5c4)n3)cc2c1. The fourth-order valence-electron chi connectivity index (χ4n) is 3.51. The number of carbonyl (C=O) groups is 1. The van der Waals surface area contributed by atoms with Crippen LogP contribution in [0.2, 0.25) is 0 Å². The molecule has 0 saturated carbocycles. The number of rotatable bonds is 5. The number of nitrogens with one attached hydrogen (secondary N) is 2. The van der Waals surface area contributed by atoms with Gasteiger partial charge in [-0.2, -0.15) is 5.10 Å². The van der Waals surface area contributed by atoms with Crippen molar-refractivity contribution in [3.05, 3.63) is 67.3 Å². The van der Waals surface area contributed by atoms with Gasteiger partial charge < -0.3 is 10.2 Å². The maximum Gasteiger partial charge on any atom is 0.244 e. The van der Waals surface area contributed by atoms with Gasteiger partial charge in [0.1, 0.15) is 5.82 Å². The first kappa shape index (κ1) is 19.0. The largest absolute Gasteiger partial charge is 0.340 e. The number of aromatic amines is 1. The van der Waals surface area contributed by atoms with E-state index in [1.165, 1.54) is 0 Å². The molecule has 0 atom stereocenters. The number of hydrogen-bond acceptors (Lipinski definition) is 6. The summed E-state index contributed by atoms with van der Waals surface area (Å²) in [5.74, 6) is 1.34. The molecular formula is C23H21N7O. The zero-order valence-electron chi connectivity index (χ0n) is 17.2. The summed E-state index contributed by atoms with van der Waals surface area (Å²) in [7, 11) is 3.76. The smallest absolute Gasteiger partial charge is 0.244 e. The Morgan fingerprint density at radius 3 is 2.81 bits per heavy atom. The van der Waals surface area contributed by atoms with E-state index in [9.17, 15) is 4.79 Å². The van der Waals surface area contributed by atoms with Crippen molar-refractivity contribution in [2.45, 2.75) is 0 Å². The van der Waals surface area contributed by atoms with Gasteiger partial charge >= 0.3 is 0 Å². The summed E-state index contributed by atoms with van der Waals surface area (Å²) in [6, 6.07) is 13.8. The highest BCUT2D eigenvalue weighted by Crippen LogP contribution is 2.25. The molecule has 2 aromatic carbocycles. The van der Waals surface area contributed by atoms with Crippen LogP contribution in [0.25, 0.3) is 33.1 Å². The maximum absolute atomic E-state index is 12.3. The van der Waals surface area contributed by atoms with Gasteiger partial charge in [0.2, 0.25) is 5.91 Å². The molecule has 31 heavy (non-hydrogen) atoms. The van der Waals surface area contributed by atoms with Crippen LogP contribution in [0.3, 0.4) is 0 Å². The second-order valence-electron chi connectivity index (χ2n) is 7.70. The Morgan fingerprint density at radius 1 is 1.06 bits per heavy atom. The predicted octanol–water partition coefficient (Wildman–Crippen LogP) is 3.92. The molecule has 0 amide bonds. The number of hydrogen-bond donors (Lipinski definition) is 2. The van der Waals surface area contributed by atoms with Crippen molar-refractivity contribution in [3.63, 3.8) is 0 Å². The van der Waals surface area contributed by atoms with E-state index in [2.05, 4.69) is 25.5 Å². The van der Waals surface area contributed by atoms with Crippen LogP contribution in [0.1, 0.15) is 4.79 Å². The van der Waals surface area contributed by atoms with Crippen LogP contribution < -0.4 is 5.32 Å². The van der Waals surface area contributed by atoms with E-state index in [-0.39, 0.29) is 5.91 Å². The first-order valence-corrected chi connectivity index (χ1v) is 9.88. The quantitative estimate of drug-likeness (QED) is 0.455. The zero-order valence-corrected chi connectivity index (χ0v) is 17.2. The van der Waals surface area contributed by atoms with Gasteiger partial charge in [-0.25, -0.2) is 9.97 Å². The average molecular weight is 411 g/mol. The number of aromatic nitrogens is 5.